The van der Waals surface area contributed by atoms with E-state index in [1.54, 1.807) is 0 Å². The second-order valence-electron chi connectivity index (χ2n) is 2.79. The monoisotopic (exact) mass is 171 g/mol. The zero-order chi connectivity index (χ0) is 9.10. The van der Waals surface area contributed by atoms with Gasteiger partial charge in [-0.1, -0.05) is 35.6 Å². The minimum absolute atomic E-state index is 0.841. The summed E-state index contributed by atoms with van der Waals surface area (Å²) in [5.74, 6) is 0. The standard InChI is InChI=1S/C10H9N3/c11-13-12-10-6-5-8-3-1-2-4-9(8)7-10/h1-7H,(H2,11,12). The van der Waals surface area contributed by atoms with Gasteiger partial charge in [-0.3, -0.25) is 5.43 Å². The Labute approximate surface area is 75.9 Å². The predicted molar refractivity (Wildman–Crippen MR) is 52.7 cm³/mol. The van der Waals surface area contributed by atoms with E-state index in [1.165, 1.54) is 5.39 Å². The lowest BCUT2D eigenvalue weighted by atomic mass is 10.1. The quantitative estimate of drug-likeness (QED) is 0.529. The molecule has 0 aromatic heterocycles. The summed E-state index contributed by atoms with van der Waals surface area (Å²) in [5.41, 5.74) is 10.1. The summed E-state index contributed by atoms with van der Waals surface area (Å²) in [6.07, 6.45) is 0. The van der Waals surface area contributed by atoms with Gasteiger partial charge in [-0.25, -0.2) is 0 Å². The molecule has 13 heavy (non-hydrogen) atoms. The summed E-state index contributed by atoms with van der Waals surface area (Å²) in [4.78, 5) is 0. The van der Waals surface area contributed by atoms with Crippen LogP contribution in [0.3, 0.4) is 0 Å². The van der Waals surface area contributed by atoms with Crippen molar-refractivity contribution in [1.82, 2.24) is 0 Å². The van der Waals surface area contributed by atoms with Gasteiger partial charge in [0.25, 0.3) is 0 Å². The number of nitrogens with zero attached hydrogens (tertiary/aromatic N) is 1. The van der Waals surface area contributed by atoms with Crippen LogP contribution in [0.5, 0.6) is 0 Å². The Morgan fingerprint density at radius 1 is 1.00 bits per heavy atom. The normalized spacial score (nSPS) is 9.85. The van der Waals surface area contributed by atoms with Crippen LogP contribution in [0, 0.1) is 5.53 Å². The van der Waals surface area contributed by atoms with Gasteiger partial charge in [0.05, 0.1) is 5.69 Å². The number of anilines is 1. The van der Waals surface area contributed by atoms with E-state index in [4.69, 9.17) is 5.53 Å². The average Bonchev–Trinajstić information content (AvgIpc) is 2.18. The first-order valence-corrected chi connectivity index (χ1v) is 4.01. The molecule has 3 nitrogen and oxygen atoms in total. The number of hydrogen-bond donors (Lipinski definition) is 2. The van der Waals surface area contributed by atoms with Gasteiger partial charge < -0.3 is 0 Å². The van der Waals surface area contributed by atoms with Crippen molar-refractivity contribution >= 4 is 16.5 Å². The van der Waals surface area contributed by atoms with E-state index in [0.29, 0.717) is 0 Å². The van der Waals surface area contributed by atoms with Crippen LogP contribution in [-0.4, -0.2) is 0 Å². The van der Waals surface area contributed by atoms with Crippen molar-refractivity contribution in [2.24, 2.45) is 5.22 Å². The van der Waals surface area contributed by atoms with Crippen LogP contribution >= 0.6 is 0 Å². The highest BCUT2D eigenvalue weighted by Crippen LogP contribution is 2.18. The van der Waals surface area contributed by atoms with Crippen molar-refractivity contribution in [3.8, 4) is 0 Å². The van der Waals surface area contributed by atoms with Gasteiger partial charge >= 0.3 is 0 Å². The van der Waals surface area contributed by atoms with Gasteiger partial charge in [-0.15, -0.1) is 0 Å². The molecule has 0 amide bonds. The third-order valence-corrected chi connectivity index (χ3v) is 1.93. The Bertz CT molecular complexity index is 437. The fourth-order valence-electron chi connectivity index (χ4n) is 1.32. The van der Waals surface area contributed by atoms with Crippen LogP contribution in [0.4, 0.5) is 5.69 Å². The molecule has 0 spiro atoms. The minimum atomic E-state index is 0.841. The molecule has 0 saturated heterocycles. The largest absolute Gasteiger partial charge is 0.260 e. The Hall–Kier alpha value is -1.90. The molecular weight excluding hydrogens is 162 g/mol. The van der Waals surface area contributed by atoms with E-state index in [9.17, 15) is 0 Å². The van der Waals surface area contributed by atoms with E-state index >= 15 is 0 Å². The van der Waals surface area contributed by atoms with Crippen molar-refractivity contribution in [3.05, 3.63) is 42.5 Å². The molecule has 0 heterocycles. The molecule has 0 aliphatic rings. The molecule has 0 saturated carbocycles. The first kappa shape index (κ1) is 7.73. The molecular formula is C10H9N3. The van der Waals surface area contributed by atoms with E-state index in [-0.39, 0.29) is 0 Å². The maximum Gasteiger partial charge on any atom is 0.0585 e. The van der Waals surface area contributed by atoms with Crippen LogP contribution in [0.25, 0.3) is 10.8 Å². The lowest BCUT2D eigenvalue weighted by Gasteiger charge is -2.00. The molecule has 0 aliphatic carbocycles. The molecule has 0 bridgehead atoms. The van der Waals surface area contributed by atoms with E-state index in [0.717, 1.165) is 11.1 Å². The minimum Gasteiger partial charge on any atom is -0.260 e. The Morgan fingerprint density at radius 2 is 1.77 bits per heavy atom. The van der Waals surface area contributed by atoms with Crippen molar-refractivity contribution < 1.29 is 0 Å². The van der Waals surface area contributed by atoms with Crippen LogP contribution in [0.1, 0.15) is 0 Å². The Morgan fingerprint density at radius 3 is 2.54 bits per heavy atom. The zero-order valence-electron chi connectivity index (χ0n) is 6.99. The van der Waals surface area contributed by atoms with Gasteiger partial charge in [0.1, 0.15) is 0 Å². The topological polar surface area (TPSA) is 48.2 Å². The Balaban J connectivity index is 2.55. The van der Waals surface area contributed by atoms with Gasteiger partial charge in [0.2, 0.25) is 0 Å². The molecule has 2 rings (SSSR count). The maximum absolute atomic E-state index is 6.66. The van der Waals surface area contributed by atoms with Crippen LogP contribution in [0.15, 0.2) is 47.7 Å². The van der Waals surface area contributed by atoms with Crippen LogP contribution in [0.2, 0.25) is 0 Å². The van der Waals surface area contributed by atoms with Crippen molar-refractivity contribution in [1.29, 1.82) is 5.53 Å². The molecule has 2 N–H and O–H groups in total. The summed E-state index contributed by atoms with van der Waals surface area (Å²) in [6, 6.07) is 14.0. The van der Waals surface area contributed by atoms with E-state index in [2.05, 4.69) is 16.7 Å². The third-order valence-electron chi connectivity index (χ3n) is 1.93. The third kappa shape index (κ3) is 1.49. The highest BCUT2D eigenvalue weighted by molar-refractivity contribution is 5.85. The second kappa shape index (κ2) is 3.23. The Kier molecular flexibility index (Phi) is 1.92. The fourth-order valence-corrected chi connectivity index (χ4v) is 1.32. The summed E-state index contributed by atoms with van der Waals surface area (Å²) < 4.78 is 0. The molecule has 64 valence electrons. The maximum atomic E-state index is 6.66. The fraction of sp³-hybridized carbons (Fsp3) is 0. The second-order valence-corrected chi connectivity index (χ2v) is 2.79. The van der Waals surface area contributed by atoms with Gasteiger partial charge in [0.15, 0.2) is 0 Å². The number of hydrogen-bond acceptors (Lipinski definition) is 2. The van der Waals surface area contributed by atoms with Gasteiger partial charge in [0, 0.05) is 0 Å². The number of benzene rings is 2. The van der Waals surface area contributed by atoms with E-state index in [1.807, 2.05) is 36.4 Å². The predicted octanol–water partition coefficient (Wildman–Crippen LogP) is 3.20. The number of nitrogens with one attached hydrogen (secondary N) is 2. The van der Waals surface area contributed by atoms with Crippen molar-refractivity contribution in [2.75, 3.05) is 5.43 Å². The molecule has 0 fully saturated rings. The van der Waals surface area contributed by atoms with Gasteiger partial charge in [-0.2, -0.15) is 5.53 Å². The smallest absolute Gasteiger partial charge is 0.0585 e. The molecule has 0 radical (unpaired) electrons. The van der Waals surface area contributed by atoms with Crippen molar-refractivity contribution in [3.63, 3.8) is 0 Å². The highest BCUT2D eigenvalue weighted by Gasteiger charge is 1.93. The molecule has 0 atom stereocenters. The first-order chi connectivity index (χ1) is 6.40. The number of rotatable bonds is 2. The summed E-state index contributed by atoms with van der Waals surface area (Å²) in [6.45, 7) is 0. The first-order valence-electron chi connectivity index (χ1n) is 4.01. The highest BCUT2D eigenvalue weighted by atomic mass is 15.4. The molecule has 3 heteroatoms. The SMILES string of the molecule is N=NNc1ccc2ccccc2c1. The number of fused-ring (bicyclic) bond motifs is 1. The average molecular weight is 171 g/mol. The van der Waals surface area contributed by atoms with Crippen molar-refractivity contribution in [2.45, 2.75) is 0 Å². The molecule has 0 unspecified atom stereocenters. The zero-order valence-corrected chi connectivity index (χ0v) is 6.99. The molecule has 2 aromatic rings. The van der Waals surface area contributed by atoms with Crippen LogP contribution < -0.4 is 5.43 Å². The lowest BCUT2D eigenvalue weighted by Crippen LogP contribution is -1.84. The molecule has 0 aliphatic heterocycles. The van der Waals surface area contributed by atoms with E-state index < -0.39 is 0 Å². The lowest BCUT2D eigenvalue weighted by molar-refractivity contribution is 1.06. The summed E-state index contributed by atoms with van der Waals surface area (Å²) >= 11 is 0. The summed E-state index contributed by atoms with van der Waals surface area (Å²) in [5, 5.41) is 5.45. The summed E-state index contributed by atoms with van der Waals surface area (Å²) in [7, 11) is 0. The van der Waals surface area contributed by atoms with Gasteiger partial charge in [-0.05, 0) is 22.9 Å². The van der Waals surface area contributed by atoms with Crippen LogP contribution in [-0.2, 0) is 0 Å². The molecule has 2 aromatic carbocycles.